The Kier molecular flexibility index (Phi) is 6.43. The van der Waals surface area contributed by atoms with E-state index in [1.54, 1.807) is 10.9 Å². The Hall–Kier alpha value is -2.71. The van der Waals surface area contributed by atoms with E-state index in [-0.39, 0.29) is 29.8 Å². The lowest BCUT2D eigenvalue weighted by molar-refractivity contribution is -0.119. The minimum Gasteiger partial charge on any atom is -0.475 e. The minimum absolute atomic E-state index is 0.00160. The molecule has 2 aromatic rings. The van der Waals surface area contributed by atoms with Crippen molar-refractivity contribution in [1.29, 1.82) is 0 Å². The Morgan fingerprint density at radius 2 is 2.07 bits per heavy atom. The van der Waals surface area contributed by atoms with Gasteiger partial charge in [0, 0.05) is 25.2 Å². The highest BCUT2D eigenvalue weighted by Crippen LogP contribution is 2.26. The molecule has 0 atom stereocenters. The van der Waals surface area contributed by atoms with Crippen LogP contribution in [0, 0.1) is 11.7 Å². The van der Waals surface area contributed by atoms with Crippen LogP contribution in [-0.2, 0) is 4.79 Å². The highest BCUT2D eigenvalue weighted by molar-refractivity contribution is 5.73. The summed E-state index contributed by atoms with van der Waals surface area (Å²) in [4.78, 5) is 19.2. The number of ether oxygens (including phenoxy) is 1. The van der Waals surface area contributed by atoms with Gasteiger partial charge in [0.2, 0.25) is 17.7 Å². The van der Waals surface area contributed by atoms with Gasteiger partial charge in [0.15, 0.2) is 0 Å². The molecule has 0 bridgehead atoms. The van der Waals surface area contributed by atoms with Crippen LogP contribution in [-0.4, -0.2) is 38.3 Å². The number of carbonyl (C=O) groups is 1. The summed E-state index contributed by atoms with van der Waals surface area (Å²) >= 11 is 0. The van der Waals surface area contributed by atoms with Crippen LogP contribution < -0.4 is 15.4 Å². The summed E-state index contributed by atoms with van der Waals surface area (Å²) in [6.45, 7) is 5.99. The Balaban J connectivity index is 1.54. The molecule has 2 N–H and O–H groups in total. The monoisotopic (exact) mass is 390 g/mol. The van der Waals surface area contributed by atoms with Crippen LogP contribution in [0.3, 0.4) is 0 Å². The predicted octanol–water partition coefficient (Wildman–Crippen LogP) is 3.21. The Bertz CT molecular complexity index is 801. The van der Waals surface area contributed by atoms with Crippen LogP contribution >= 0.6 is 0 Å². The van der Waals surface area contributed by atoms with Gasteiger partial charge in [-0.05, 0) is 45.4 Å². The maximum absolute atomic E-state index is 14.0. The smallest absolute Gasteiger partial charge is 0.255 e. The van der Waals surface area contributed by atoms with Crippen molar-refractivity contribution >= 4 is 17.5 Å². The number of hydrogen-bond donors (Lipinski definition) is 2. The molecule has 28 heavy (non-hydrogen) atoms. The molecule has 3 rings (SSSR count). The molecule has 2 heterocycles. The van der Waals surface area contributed by atoms with Crippen molar-refractivity contribution in [3.63, 3.8) is 0 Å². The SMILES string of the molecule is CC(=O)NC1CCC(COc2nc(Nc3cnn(C(C)C)c3)ncc2F)CC1. The molecule has 1 aliphatic rings. The molecular formula is C19H27FN6O2. The number of hydrogen-bond acceptors (Lipinski definition) is 6. The molecule has 2 aromatic heterocycles. The summed E-state index contributed by atoms with van der Waals surface area (Å²) in [5.41, 5.74) is 0.725. The van der Waals surface area contributed by atoms with Crippen LogP contribution in [0.15, 0.2) is 18.6 Å². The molecule has 9 heteroatoms. The first-order valence-electron chi connectivity index (χ1n) is 9.64. The van der Waals surface area contributed by atoms with Crippen LogP contribution in [0.2, 0.25) is 0 Å². The number of nitrogens with one attached hydrogen (secondary N) is 2. The third kappa shape index (κ3) is 5.40. The molecule has 1 aliphatic carbocycles. The number of rotatable bonds is 7. The van der Waals surface area contributed by atoms with E-state index in [0.717, 1.165) is 37.6 Å². The molecular weight excluding hydrogens is 363 g/mol. The first kappa shape index (κ1) is 20.0. The summed E-state index contributed by atoms with van der Waals surface area (Å²) < 4.78 is 21.5. The van der Waals surface area contributed by atoms with Gasteiger partial charge in [-0.2, -0.15) is 14.5 Å². The summed E-state index contributed by atoms with van der Waals surface area (Å²) in [6, 6.07) is 0.469. The van der Waals surface area contributed by atoms with Gasteiger partial charge in [0.25, 0.3) is 5.88 Å². The average molecular weight is 390 g/mol. The van der Waals surface area contributed by atoms with E-state index >= 15 is 0 Å². The first-order valence-corrected chi connectivity index (χ1v) is 9.64. The number of nitrogens with zero attached hydrogens (tertiary/aromatic N) is 4. The van der Waals surface area contributed by atoms with Gasteiger partial charge in [-0.3, -0.25) is 9.48 Å². The first-order chi connectivity index (χ1) is 13.4. The number of carbonyl (C=O) groups excluding carboxylic acids is 1. The zero-order valence-electron chi connectivity index (χ0n) is 16.5. The van der Waals surface area contributed by atoms with Crippen LogP contribution in [0.25, 0.3) is 0 Å². The van der Waals surface area contributed by atoms with Crippen molar-refractivity contribution in [2.75, 3.05) is 11.9 Å². The van der Waals surface area contributed by atoms with Crippen molar-refractivity contribution < 1.29 is 13.9 Å². The average Bonchev–Trinajstić information content (AvgIpc) is 3.12. The van der Waals surface area contributed by atoms with Crippen LogP contribution in [0.4, 0.5) is 16.0 Å². The fourth-order valence-corrected chi connectivity index (χ4v) is 3.28. The van der Waals surface area contributed by atoms with E-state index in [9.17, 15) is 9.18 Å². The standard InChI is InChI=1S/C19H27FN6O2/c1-12(2)26-10-16(8-22-26)24-19-21-9-17(20)18(25-19)28-11-14-4-6-15(7-5-14)23-13(3)27/h8-10,12,14-15H,4-7,11H2,1-3H3,(H,23,27)(H,21,24,25). The van der Waals surface area contributed by atoms with Gasteiger partial charge in [-0.15, -0.1) is 0 Å². The zero-order valence-corrected chi connectivity index (χ0v) is 16.5. The molecule has 0 saturated heterocycles. The molecule has 152 valence electrons. The van der Waals surface area contributed by atoms with Crippen molar-refractivity contribution in [1.82, 2.24) is 25.1 Å². The number of amides is 1. The maximum Gasteiger partial charge on any atom is 0.255 e. The lowest BCUT2D eigenvalue weighted by Crippen LogP contribution is -2.37. The van der Waals surface area contributed by atoms with Crippen molar-refractivity contribution in [3.05, 3.63) is 24.4 Å². The predicted molar refractivity (Wildman–Crippen MR) is 103 cm³/mol. The Morgan fingerprint density at radius 1 is 1.32 bits per heavy atom. The van der Waals surface area contributed by atoms with Gasteiger partial charge in [0.1, 0.15) is 0 Å². The fraction of sp³-hybridized carbons (Fsp3) is 0.579. The topological polar surface area (TPSA) is 94.0 Å². The van der Waals surface area contributed by atoms with E-state index in [1.165, 1.54) is 6.92 Å². The second-order valence-electron chi connectivity index (χ2n) is 7.50. The molecule has 0 aliphatic heterocycles. The van der Waals surface area contributed by atoms with E-state index in [0.29, 0.717) is 12.5 Å². The highest BCUT2D eigenvalue weighted by atomic mass is 19.1. The van der Waals surface area contributed by atoms with E-state index < -0.39 is 5.82 Å². The van der Waals surface area contributed by atoms with Gasteiger partial charge >= 0.3 is 0 Å². The zero-order chi connectivity index (χ0) is 20.1. The summed E-state index contributed by atoms with van der Waals surface area (Å²) in [5.74, 6) is -0.0658. The molecule has 1 amide bonds. The van der Waals surface area contributed by atoms with Crippen molar-refractivity contribution in [2.45, 2.75) is 58.5 Å². The Morgan fingerprint density at radius 3 is 2.71 bits per heavy atom. The number of aromatic nitrogens is 4. The molecule has 0 radical (unpaired) electrons. The maximum atomic E-state index is 14.0. The normalized spacial score (nSPS) is 19.5. The van der Waals surface area contributed by atoms with E-state index in [4.69, 9.17) is 4.74 Å². The lowest BCUT2D eigenvalue weighted by atomic mass is 9.86. The molecule has 8 nitrogen and oxygen atoms in total. The van der Waals surface area contributed by atoms with Gasteiger partial charge in [0.05, 0.1) is 24.7 Å². The fourth-order valence-electron chi connectivity index (χ4n) is 3.28. The lowest BCUT2D eigenvalue weighted by Gasteiger charge is -2.28. The quantitative estimate of drug-likeness (QED) is 0.754. The molecule has 0 aromatic carbocycles. The summed E-state index contributed by atoms with van der Waals surface area (Å²) in [5, 5.41) is 10.2. The van der Waals surface area contributed by atoms with Crippen LogP contribution in [0.5, 0.6) is 5.88 Å². The third-order valence-electron chi connectivity index (χ3n) is 4.81. The van der Waals surface area contributed by atoms with Crippen molar-refractivity contribution in [2.24, 2.45) is 5.92 Å². The second-order valence-corrected chi connectivity index (χ2v) is 7.50. The van der Waals surface area contributed by atoms with Crippen molar-refractivity contribution in [3.8, 4) is 5.88 Å². The summed E-state index contributed by atoms with van der Waals surface area (Å²) in [6.07, 6.45) is 8.28. The number of anilines is 2. The highest BCUT2D eigenvalue weighted by Gasteiger charge is 2.23. The molecule has 1 saturated carbocycles. The van der Waals surface area contributed by atoms with Crippen LogP contribution in [0.1, 0.15) is 52.5 Å². The van der Waals surface area contributed by atoms with E-state index in [1.807, 2.05) is 20.0 Å². The molecule has 1 fully saturated rings. The largest absolute Gasteiger partial charge is 0.475 e. The van der Waals surface area contributed by atoms with Gasteiger partial charge in [-0.25, -0.2) is 4.98 Å². The van der Waals surface area contributed by atoms with E-state index in [2.05, 4.69) is 25.7 Å². The molecule has 0 spiro atoms. The van der Waals surface area contributed by atoms with Gasteiger partial charge in [-0.1, -0.05) is 0 Å². The minimum atomic E-state index is -0.588. The second kappa shape index (κ2) is 8.99. The summed E-state index contributed by atoms with van der Waals surface area (Å²) in [7, 11) is 0. The van der Waals surface area contributed by atoms with Gasteiger partial charge < -0.3 is 15.4 Å². The Labute approximate surface area is 163 Å². The molecule has 0 unspecified atom stereocenters. The third-order valence-corrected chi connectivity index (χ3v) is 4.81. The number of halogens is 1.